The smallest absolute Gasteiger partial charge is 0.321 e. The first kappa shape index (κ1) is 18.6. The van der Waals surface area contributed by atoms with Crippen molar-refractivity contribution in [2.45, 2.75) is 44.7 Å². The van der Waals surface area contributed by atoms with Crippen LogP contribution in [0.5, 0.6) is 0 Å². The van der Waals surface area contributed by atoms with E-state index in [1.165, 1.54) is 12.1 Å². The number of aromatic nitrogens is 2. The predicted octanol–water partition coefficient (Wildman–Crippen LogP) is -0.0815. The second kappa shape index (κ2) is 7.98. The molecule has 0 unspecified atom stereocenters. The Morgan fingerprint density at radius 2 is 1.78 bits per heavy atom. The van der Waals surface area contributed by atoms with Crippen LogP contribution in [0, 0.1) is 0 Å². The molecule has 1 aromatic heterocycles. The minimum Gasteiger partial charge on any atom is -0.543 e. The summed E-state index contributed by atoms with van der Waals surface area (Å²) in [6.45, 7) is -0.581. The number of amides is 3. The molecule has 0 atom stereocenters. The van der Waals surface area contributed by atoms with Gasteiger partial charge in [-0.1, -0.05) is 37.5 Å². The number of rotatable bonds is 4. The summed E-state index contributed by atoms with van der Waals surface area (Å²) in [5.74, 6) is -2.33. The van der Waals surface area contributed by atoms with Gasteiger partial charge in [0.15, 0.2) is 0 Å². The predicted molar refractivity (Wildman–Crippen MR) is 93.9 cm³/mol. The molecule has 9 nitrogen and oxygen atoms in total. The zero-order valence-electron chi connectivity index (χ0n) is 14.6. The lowest BCUT2D eigenvalue weighted by Gasteiger charge is -2.22. The Kier molecular flexibility index (Phi) is 5.49. The molecule has 0 spiro atoms. The molecule has 0 aliphatic heterocycles. The van der Waals surface area contributed by atoms with E-state index in [0.717, 1.165) is 36.8 Å². The number of aromatic carboxylic acids is 1. The lowest BCUT2D eigenvalue weighted by Crippen LogP contribution is -2.47. The molecule has 9 heteroatoms. The van der Waals surface area contributed by atoms with E-state index in [1.807, 2.05) is 0 Å². The highest BCUT2D eigenvalue weighted by molar-refractivity contribution is 6.00. The van der Waals surface area contributed by atoms with Crippen molar-refractivity contribution in [1.29, 1.82) is 0 Å². The fraction of sp³-hybridized carbons (Fsp3) is 0.389. The molecule has 0 radical (unpaired) electrons. The molecule has 2 aromatic rings. The van der Waals surface area contributed by atoms with E-state index < -0.39 is 35.7 Å². The van der Waals surface area contributed by atoms with E-state index in [0.29, 0.717) is 0 Å². The first-order valence-electron chi connectivity index (χ1n) is 8.77. The van der Waals surface area contributed by atoms with Crippen molar-refractivity contribution in [1.82, 2.24) is 20.4 Å². The normalized spacial score (nSPS) is 14.7. The highest BCUT2D eigenvalue weighted by Gasteiger charge is 2.18. The number of carbonyl (C=O) groups excluding carboxylic acids is 3. The van der Waals surface area contributed by atoms with Crippen molar-refractivity contribution in [3.63, 3.8) is 0 Å². The van der Waals surface area contributed by atoms with Gasteiger partial charge in [-0.05, 0) is 18.9 Å². The maximum absolute atomic E-state index is 12.4. The van der Waals surface area contributed by atoms with Crippen LogP contribution in [0.2, 0.25) is 0 Å². The first-order chi connectivity index (χ1) is 13.0. The Balaban J connectivity index is 1.74. The molecule has 1 saturated carbocycles. The molecule has 0 bridgehead atoms. The van der Waals surface area contributed by atoms with Gasteiger partial charge in [-0.2, -0.15) is 5.10 Å². The highest BCUT2D eigenvalue weighted by atomic mass is 16.4. The van der Waals surface area contributed by atoms with Crippen molar-refractivity contribution in [3.05, 3.63) is 40.3 Å². The molecule has 1 aliphatic carbocycles. The maximum atomic E-state index is 12.4. The van der Waals surface area contributed by atoms with Crippen LogP contribution < -0.4 is 21.3 Å². The zero-order valence-corrected chi connectivity index (χ0v) is 14.6. The monoisotopic (exact) mass is 371 g/mol. The lowest BCUT2D eigenvalue weighted by atomic mass is 9.96. The standard InChI is InChI=1S/C18H20N4O5/c23-14(20-18(27)19-11-6-2-1-3-7-11)10-22-16(24)13-9-5-4-8-12(13)15(21-22)17(25)26/h4-5,8-9,11H,1-3,6-7,10H2,(H,25,26)(H2,19,20,23,27)/p-1. The van der Waals surface area contributed by atoms with Crippen LogP contribution in [-0.2, 0) is 11.3 Å². The SMILES string of the molecule is O=C(Cn1nc(C(=O)[O-])c2ccccc2c1=O)NC(=O)NC1CCCCC1. The Hall–Kier alpha value is -3.23. The van der Waals surface area contributed by atoms with E-state index in [9.17, 15) is 24.3 Å². The number of nitrogens with one attached hydrogen (secondary N) is 2. The molecule has 1 aromatic carbocycles. The van der Waals surface area contributed by atoms with Crippen molar-refractivity contribution >= 4 is 28.7 Å². The molecule has 3 rings (SSSR count). The second-order valence-corrected chi connectivity index (χ2v) is 6.50. The van der Waals surface area contributed by atoms with Gasteiger partial charge < -0.3 is 15.2 Å². The zero-order chi connectivity index (χ0) is 19.4. The largest absolute Gasteiger partial charge is 0.543 e. The van der Waals surface area contributed by atoms with Gasteiger partial charge in [0, 0.05) is 11.4 Å². The number of carboxylic acid groups (broad SMARTS) is 1. The molecule has 27 heavy (non-hydrogen) atoms. The quantitative estimate of drug-likeness (QED) is 0.772. The van der Waals surface area contributed by atoms with Crippen LogP contribution in [0.4, 0.5) is 4.79 Å². The molecule has 142 valence electrons. The molecular formula is C18H19N4O5-. The molecule has 1 heterocycles. The van der Waals surface area contributed by atoms with Gasteiger partial charge >= 0.3 is 6.03 Å². The molecular weight excluding hydrogens is 352 g/mol. The number of urea groups is 1. The van der Waals surface area contributed by atoms with Crippen LogP contribution in [-0.4, -0.2) is 33.7 Å². The third kappa shape index (κ3) is 4.30. The number of imide groups is 1. The third-order valence-electron chi connectivity index (χ3n) is 4.55. The summed E-state index contributed by atoms with van der Waals surface area (Å²) in [5.41, 5.74) is -1.07. The van der Waals surface area contributed by atoms with E-state index in [2.05, 4.69) is 15.7 Å². The van der Waals surface area contributed by atoms with Gasteiger partial charge in [0.05, 0.1) is 11.4 Å². The van der Waals surface area contributed by atoms with E-state index in [-0.39, 0.29) is 16.8 Å². The Labute approximate surface area is 154 Å². The topological polar surface area (TPSA) is 133 Å². The maximum Gasteiger partial charge on any atom is 0.321 e. The average Bonchev–Trinajstić information content (AvgIpc) is 2.64. The Morgan fingerprint density at radius 1 is 1.11 bits per heavy atom. The number of carboxylic acids is 1. The minimum atomic E-state index is -1.56. The van der Waals surface area contributed by atoms with Crippen LogP contribution in [0.25, 0.3) is 10.8 Å². The number of hydrogen-bond acceptors (Lipinski definition) is 6. The number of hydrogen-bond donors (Lipinski definition) is 2. The second-order valence-electron chi connectivity index (χ2n) is 6.50. The number of nitrogens with zero attached hydrogens (tertiary/aromatic N) is 2. The average molecular weight is 371 g/mol. The molecule has 1 aliphatic rings. The van der Waals surface area contributed by atoms with Crippen LogP contribution >= 0.6 is 0 Å². The van der Waals surface area contributed by atoms with Crippen LogP contribution in [0.3, 0.4) is 0 Å². The summed E-state index contributed by atoms with van der Waals surface area (Å²) in [4.78, 5) is 47.8. The Bertz CT molecular complexity index is 946. The van der Waals surface area contributed by atoms with Crippen molar-refractivity contribution in [2.24, 2.45) is 0 Å². The molecule has 1 fully saturated rings. The van der Waals surface area contributed by atoms with Crippen molar-refractivity contribution in [3.8, 4) is 0 Å². The van der Waals surface area contributed by atoms with Gasteiger partial charge in [-0.3, -0.25) is 14.9 Å². The first-order valence-corrected chi connectivity index (χ1v) is 8.77. The van der Waals surface area contributed by atoms with Gasteiger partial charge in [0.1, 0.15) is 12.2 Å². The summed E-state index contributed by atoms with van der Waals surface area (Å²) in [7, 11) is 0. The minimum absolute atomic E-state index is 0.0257. The van der Waals surface area contributed by atoms with Crippen LogP contribution in [0.15, 0.2) is 29.1 Å². The number of carbonyl (C=O) groups is 3. The van der Waals surface area contributed by atoms with E-state index in [1.54, 1.807) is 12.1 Å². The van der Waals surface area contributed by atoms with Crippen molar-refractivity contribution in [2.75, 3.05) is 0 Å². The van der Waals surface area contributed by atoms with Gasteiger partial charge in [0.25, 0.3) is 5.56 Å². The number of benzene rings is 1. The summed E-state index contributed by atoms with van der Waals surface area (Å²) in [6.07, 6.45) is 4.92. The van der Waals surface area contributed by atoms with Gasteiger partial charge in [-0.15, -0.1) is 0 Å². The molecule has 0 saturated heterocycles. The van der Waals surface area contributed by atoms with Gasteiger partial charge in [0.2, 0.25) is 5.91 Å². The number of fused-ring (bicyclic) bond motifs is 1. The van der Waals surface area contributed by atoms with E-state index in [4.69, 9.17) is 0 Å². The third-order valence-corrected chi connectivity index (χ3v) is 4.55. The lowest BCUT2D eigenvalue weighted by molar-refractivity contribution is -0.255. The Morgan fingerprint density at radius 3 is 2.44 bits per heavy atom. The summed E-state index contributed by atoms with van der Waals surface area (Å²) in [6, 6.07) is 5.42. The summed E-state index contributed by atoms with van der Waals surface area (Å²) < 4.78 is 0.719. The fourth-order valence-corrected chi connectivity index (χ4v) is 3.26. The molecule has 3 amide bonds. The van der Waals surface area contributed by atoms with Crippen molar-refractivity contribution < 1.29 is 19.5 Å². The van der Waals surface area contributed by atoms with E-state index >= 15 is 0 Å². The highest BCUT2D eigenvalue weighted by Crippen LogP contribution is 2.17. The fourth-order valence-electron chi connectivity index (χ4n) is 3.26. The molecule has 2 N–H and O–H groups in total. The summed E-state index contributed by atoms with van der Waals surface area (Å²) in [5, 5.41) is 20.1. The van der Waals surface area contributed by atoms with Gasteiger partial charge in [-0.25, -0.2) is 9.48 Å². The summed E-state index contributed by atoms with van der Waals surface area (Å²) >= 11 is 0. The van der Waals surface area contributed by atoms with Crippen LogP contribution in [0.1, 0.15) is 42.6 Å².